The number of hydrogen-bond donors (Lipinski definition) is 2. The SMILES string of the molecule is CC(C)Cn1c(Br)nc2c(=O)[nH]c(N)nc21. The molecule has 0 amide bonds. The smallest absolute Gasteiger partial charge is 0.280 e. The van der Waals surface area contributed by atoms with Crippen LogP contribution in [0, 0.1) is 5.92 Å². The van der Waals surface area contributed by atoms with E-state index in [1.807, 2.05) is 4.57 Å². The van der Waals surface area contributed by atoms with E-state index in [0.29, 0.717) is 21.8 Å². The van der Waals surface area contributed by atoms with E-state index in [4.69, 9.17) is 5.73 Å². The van der Waals surface area contributed by atoms with E-state index in [9.17, 15) is 4.79 Å². The average Bonchev–Trinajstić information content (AvgIpc) is 2.45. The van der Waals surface area contributed by atoms with E-state index >= 15 is 0 Å². The number of anilines is 1. The molecule has 0 atom stereocenters. The second kappa shape index (κ2) is 3.89. The first-order chi connectivity index (χ1) is 7.49. The van der Waals surface area contributed by atoms with Crippen LogP contribution in [-0.4, -0.2) is 19.5 Å². The van der Waals surface area contributed by atoms with Crippen LogP contribution in [0.2, 0.25) is 0 Å². The van der Waals surface area contributed by atoms with Crippen LogP contribution in [0.5, 0.6) is 0 Å². The molecule has 0 spiro atoms. The molecule has 2 rings (SSSR count). The van der Waals surface area contributed by atoms with Crippen molar-refractivity contribution in [2.45, 2.75) is 20.4 Å². The molecule has 0 saturated heterocycles. The normalized spacial score (nSPS) is 11.5. The maximum atomic E-state index is 11.6. The fourth-order valence-electron chi connectivity index (χ4n) is 1.53. The number of aromatic nitrogens is 4. The third kappa shape index (κ3) is 1.82. The van der Waals surface area contributed by atoms with Crippen LogP contribution in [0.1, 0.15) is 13.8 Å². The van der Waals surface area contributed by atoms with E-state index < -0.39 is 0 Å². The van der Waals surface area contributed by atoms with Gasteiger partial charge in [-0.15, -0.1) is 0 Å². The Bertz CT molecular complexity index is 585. The minimum Gasteiger partial charge on any atom is -0.369 e. The molecule has 0 unspecified atom stereocenters. The Morgan fingerprint density at radius 3 is 2.81 bits per heavy atom. The molecule has 0 bridgehead atoms. The van der Waals surface area contributed by atoms with E-state index in [1.165, 1.54) is 0 Å². The summed E-state index contributed by atoms with van der Waals surface area (Å²) in [5.41, 5.74) is 6.02. The van der Waals surface area contributed by atoms with Crippen molar-refractivity contribution < 1.29 is 0 Å². The van der Waals surface area contributed by atoms with Crippen molar-refractivity contribution >= 4 is 33.0 Å². The van der Waals surface area contributed by atoms with Crippen LogP contribution >= 0.6 is 15.9 Å². The number of H-pyrrole nitrogens is 1. The Kier molecular flexibility index (Phi) is 2.71. The molecule has 0 aliphatic carbocycles. The molecule has 3 N–H and O–H groups in total. The topological polar surface area (TPSA) is 89.6 Å². The van der Waals surface area contributed by atoms with Gasteiger partial charge in [0.1, 0.15) is 0 Å². The minimum absolute atomic E-state index is 0.106. The molecule has 6 nitrogen and oxygen atoms in total. The molecule has 86 valence electrons. The number of rotatable bonds is 2. The quantitative estimate of drug-likeness (QED) is 0.809. The summed E-state index contributed by atoms with van der Waals surface area (Å²) in [5.74, 6) is 0.533. The molecular formula is C9H12BrN5O. The van der Waals surface area contributed by atoms with Gasteiger partial charge in [0.2, 0.25) is 5.95 Å². The molecule has 7 heteroatoms. The lowest BCUT2D eigenvalue weighted by molar-refractivity contribution is 0.523. The van der Waals surface area contributed by atoms with Gasteiger partial charge < -0.3 is 10.3 Å². The minimum atomic E-state index is -0.314. The van der Waals surface area contributed by atoms with Crippen LogP contribution in [0.4, 0.5) is 5.95 Å². The van der Waals surface area contributed by atoms with Crippen LogP contribution < -0.4 is 11.3 Å². The standard InChI is InChI=1S/C9H12BrN5O/c1-4(2)3-15-6-5(12-8(15)10)7(16)14-9(11)13-6/h4H,3H2,1-2H3,(H3,11,13,14,16). The van der Waals surface area contributed by atoms with Crippen LogP contribution in [0.15, 0.2) is 9.53 Å². The molecule has 2 aromatic heterocycles. The third-order valence-corrected chi connectivity index (χ3v) is 2.73. The van der Waals surface area contributed by atoms with E-state index in [1.54, 1.807) is 0 Å². The lowest BCUT2D eigenvalue weighted by Crippen LogP contribution is -2.13. The van der Waals surface area contributed by atoms with Crippen LogP contribution in [0.25, 0.3) is 11.2 Å². The van der Waals surface area contributed by atoms with Gasteiger partial charge in [0.15, 0.2) is 15.9 Å². The van der Waals surface area contributed by atoms with Gasteiger partial charge in [-0.1, -0.05) is 13.8 Å². The van der Waals surface area contributed by atoms with Gasteiger partial charge in [-0.3, -0.25) is 9.78 Å². The molecule has 0 aromatic carbocycles. The summed E-state index contributed by atoms with van der Waals surface area (Å²) < 4.78 is 2.44. The fourth-order valence-corrected chi connectivity index (χ4v) is 2.02. The van der Waals surface area contributed by atoms with E-state index in [-0.39, 0.29) is 11.5 Å². The van der Waals surface area contributed by atoms with Crippen molar-refractivity contribution in [3.8, 4) is 0 Å². The third-order valence-electron chi connectivity index (χ3n) is 2.13. The highest BCUT2D eigenvalue weighted by atomic mass is 79.9. The summed E-state index contributed by atoms with van der Waals surface area (Å²) in [4.78, 5) is 22.2. The summed E-state index contributed by atoms with van der Waals surface area (Å²) in [5, 5.41) is 0. The predicted molar refractivity (Wildman–Crippen MR) is 65.1 cm³/mol. The van der Waals surface area contributed by atoms with Crippen molar-refractivity contribution in [1.29, 1.82) is 0 Å². The number of aromatic amines is 1. The van der Waals surface area contributed by atoms with Gasteiger partial charge in [0.05, 0.1) is 0 Å². The van der Waals surface area contributed by atoms with Gasteiger partial charge >= 0.3 is 0 Å². The maximum Gasteiger partial charge on any atom is 0.280 e. The fraction of sp³-hybridized carbons (Fsp3) is 0.444. The molecule has 0 aliphatic rings. The Morgan fingerprint density at radius 1 is 1.50 bits per heavy atom. The lowest BCUT2D eigenvalue weighted by atomic mass is 10.2. The van der Waals surface area contributed by atoms with Crippen molar-refractivity contribution in [3.63, 3.8) is 0 Å². The number of hydrogen-bond acceptors (Lipinski definition) is 4. The molecule has 2 heterocycles. The Labute approximate surface area is 100 Å². The molecular weight excluding hydrogens is 274 g/mol. The molecule has 0 saturated carbocycles. The zero-order valence-corrected chi connectivity index (χ0v) is 10.6. The zero-order chi connectivity index (χ0) is 11.9. The molecule has 2 aromatic rings. The van der Waals surface area contributed by atoms with Crippen molar-refractivity contribution in [3.05, 3.63) is 15.1 Å². The maximum absolute atomic E-state index is 11.6. The Hall–Kier alpha value is -1.37. The monoisotopic (exact) mass is 285 g/mol. The second-order valence-corrected chi connectivity index (χ2v) is 4.72. The van der Waals surface area contributed by atoms with Gasteiger partial charge in [-0.05, 0) is 21.8 Å². The van der Waals surface area contributed by atoms with E-state index in [2.05, 4.69) is 44.7 Å². The van der Waals surface area contributed by atoms with Gasteiger partial charge in [0, 0.05) is 6.54 Å². The summed E-state index contributed by atoms with van der Waals surface area (Å²) in [6.45, 7) is 4.89. The van der Waals surface area contributed by atoms with E-state index in [0.717, 1.165) is 6.54 Å². The number of imidazole rings is 1. The first-order valence-electron chi connectivity index (χ1n) is 4.90. The molecule has 0 fully saturated rings. The number of nitrogens with two attached hydrogens (primary N) is 1. The first kappa shape index (κ1) is 11.1. The lowest BCUT2D eigenvalue weighted by Gasteiger charge is -2.07. The summed E-state index contributed by atoms with van der Waals surface area (Å²) in [6, 6.07) is 0. The summed E-state index contributed by atoms with van der Waals surface area (Å²) in [7, 11) is 0. The predicted octanol–water partition coefficient (Wildman–Crippen LogP) is 1.12. The number of fused-ring (bicyclic) bond motifs is 1. The number of nitrogens with one attached hydrogen (secondary N) is 1. The van der Waals surface area contributed by atoms with Crippen molar-refractivity contribution in [1.82, 2.24) is 19.5 Å². The van der Waals surface area contributed by atoms with Crippen LogP contribution in [0.3, 0.4) is 0 Å². The molecule has 0 aliphatic heterocycles. The highest BCUT2D eigenvalue weighted by molar-refractivity contribution is 9.10. The van der Waals surface area contributed by atoms with Crippen molar-refractivity contribution in [2.75, 3.05) is 5.73 Å². The number of nitrogens with zero attached hydrogens (tertiary/aromatic N) is 3. The van der Waals surface area contributed by atoms with Gasteiger partial charge in [-0.25, -0.2) is 4.98 Å². The number of halogens is 1. The summed E-state index contributed by atoms with van der Waals surface area (Å²) >= 11 is 3.32. The highest BCUT2D eigenvalue weighted by Crippen LogP contribution is 2.17. The second-order valence-electron chi connectivity index (χ2n) is 4.01. The number of nitrogen functional groups attached to an aromatic ring is 1. The van der Waals surface area contributed by atoms with Crippen LogP contribution in [-0.2, 0) is 6.54 Å². The Balaban J connectivity index is 2.73. The highest BCUT2D eigenvalue weighted by Gasteiger charge is 2.14. The largest absolute Gasteiger partial charge is 0.369 e. The van der Waals surface area contributed by atoms with Gasteiger partial charge in [0.25, 0.3) is 5.56 Å². The van der Waals surface area contributed by atoms with Gasteiger partial charge in [-0.2, -0.15) is 4.98 Å². The van der Waals surface area contributed by atoms with Crippen molar-refractivity contribution in [2.24, 2.45) is 5.92 Å². The Morgan fingerprint density at radius 2 is 2.19 bits per heavy atom. The summed E-state index contributed by atoms with van der Waals surface area (Å²) in [6.07, 6.45) is 0. The first-order valence-corrected chi connectivity index (χ1v) is 5.70. The zero-order valence-electron chi connectivity index (χ0n) is 8.99. The molecule has 0 radical (unpaired) electrons. The average molecular weight is 286 g/mol. The molecule has 16 heavy (non-hydrogen) atoms.